The summed E-state index contributed by atoms with van der Waals surface area (Å²) in [5.41, 5.74) is 1.11. The molecule has 0 amide bonds. The molecule has 1 aliphatic heterocycles. The Balaban J connectivity index is 1.90. The van der Waals surface area contributed by atoms with Gasteiger partial charge in [0.25, 0.3) is 0 Å². The molecule has 1 aromatic carbocycles. The second kappa shape index (κ2) is 5.21. The molecule has 4 nitrogen and oxygen atoms in total. The lowest BCUT2D eigenvalue weighted by Crippen LogP contribution is -2.18. The number of rotatable bonds is 3. The van der Waals surface area contributed by atoms with Crippen LogP contribution in [-0.4, -0.2) is 22.5 Å². The molecule has 2 aromatic rings. The molecule has 1 saturated heterocycles. The highest BCUT2D eigenvalue weighted by molar-refractivity contribution is 5.80. The standard InChI is InChI=1S/C15H20N2O2/c1-11(2)19-13-6-7-14-12(9-13)10-16-17(14)15-5-3-4-8-18-15/h6-7,9-11,15H,3-5,8H2,1-2H3. The van der Waals surface area contributed by atoms with E-state index >= 15 is 0 Å². The van der Waals surface area contributed by atoms with Crippen molar-refractivity contribution in [1.82, 2.24) is 9.78 Å². The number of nitrogens with zero attached hydrogens (tertiary/aromatic N) is 2. The van der Waals surface area contributed by atoms with E-state index in [0.29, 0.717) is 0 Å². The van der Waals surface area contributed by atoms with Crippen LogP contribution >= 0.6 is 0 Å². The van der Waals surface area contributed by atoms with Gasteiger partial charge in [-0.2, -0.15) is 5.10 Å². The lowest BCUT2D eigenvalue weighted by molar-refractivity contribution is -0.0366. The van der Waals surface area contributed by atoms with Crippen molar-refractivity contribution in [3.63, 3.8) is 0 Å². The van der Waals surface area contributed by atoms with Gasteiger partial charge in [-0.3, -0.25) is 0 Å². The number of ether oxygens (including phenoxy) is 2. The molecule has 0 spiro atoms. The summed E-state index contributed by atoms with van der Waals surface area (Å²) in [5, 5.41) is 5.58. The molecule has 4 heteroatoms. The summed E-state index contributed by atoms with van der Waals surface area (Å²) in [4.78, 5) is 0. The van der Waals surface area contributed by atoms with Crippen LogP contribution in [0.25, 0.3) is 10.9 Å². The van der Waals surface area contributed by atoms with Gasteiger partial charge < -0.3 is 9.47 Å². The maximum atomic E-state index is 5.79. The zero-order valence-corrected chi connectivity index (χ0v) is 11.5. The van der Waals surface area contributed by atoms with Crippen LogP contribution in [0.2, 0.25) is 0 Å². The van der Waals surface area contributed by atoms with Gasteiger partial charge in [-0.1, -0.05) is 0 Å². The topological polar surface area (TPSA) is 36.3 Å². The van der Waals surface area contributed by atoms with Crippen molar-refractivity contribution in [2.75, 3.05) is 6.61 Å². The number of benzene rings is 1. The Morgan fingerprint density at radius 2 is 2.26 bits per heavy atom. The molecular formula is C15H20N2O2. The van der Waals surface area contributed by atoms with Gasteiger partial charge >= 0.3 is 0 Å². The molecule has 1 aromatic heterocycles. The molecule has 2 heterocycles. The van der Waals surface area contributed by atoms with Crippen LogP contribution in [0.4, 0.5) is 0 Å². The smallest absolute Gasteiger partial charge is 0.150 e. The van der Waals surface area contributed by atoms with Gasteiger partial charge in [-0.25, -0.2) is 4.68 Å². The molecule has 1 fully saturated rings. The fourth-order valence-corrected chi connectivity index (χ4v) is 2.52. The summed E-state index contributed by atoms with van der Waals surface area (Å²) >= 11 is 0. The molecular weight excluding hydrogens is 240 g/mol. The van der Waals surface area contributed by atoms with Crippen LogP contribution in [0, 0.1) is 0 Å². The first-order chi connectivity index (χ1) is 9.24. The second-order valence-corrected chi connectivity index (χ2v) is 5.30. The van der Waals surface area contributed by atoms with Gasteiger partial charge in [-0.15, -0.1) is 0 Å². The van der Waals surface area contributed by atoms with E-state index in [1.807, 2.05) is 36.9 Å². The molecule has 0 N–H and O–H groups in total. The maximum Gasteiger partial charge on any atom is 0.150 e. The zero-order chi connectivity index (χ0) is 13.2. The highest BCUT2D eigenvalue weighted by atomic mass is 16.5. The first kappa shape index (κ1) is 12.5. The van der Waals surface area contributed by atoms with Crippen molar-refractivity contribution in [2.45, 2.75) is 45.4 Å². The predicted molar refractivity (Wildman–Crippen MR) is 74.3 cm³/mol. The van der Waals surface area contributed by atoms with Gasteiger partial charge in [0, 0.05) is 12.0 Å². The van der Waals surface area contributed by atoms with Crippen molar-refractivity contribution in [3.8, 4) is 5.75 Å². The van der Waals surface area contributed by atoms with E-state index in [1.165, 1.54) is 6.42 Å². The summed E-state index contributed by atoms with van der Waals surface area (Å²) < 4.78 is 13.5. The summed E-state index contributed by atoms with van der Waals surface area (Å²) in [6, 6.07) is 6.11. The molecule has 102 valence electrons. The number of aromatic nitrogens is 2. The van der Waals surface area contributed by atoms with Gasteiger partial charge in [0.15, 0.2) is 6.23 Å². The zero-order valence-electron chi connectivity index (χ0n) is 11.5. The Morgan fingerprint density at radius 3 is 3.00 bits per heavy atom. The summed E-state index contributed by atoms with van der Waals surface area (Å²) in [6.07, 6.45) is 5.57. The first-order valence-electron chi connectivity index (χ1n) is 6.99. The van der Waals surface area contributed by atoms with Crippen molar-refractivity contribution in [2.24, 2.45) is 0 Å². The van der Waals surface area contributed by atoms with Crippen molar-refractivity contribution >= 4 is 10.9 Å². The minimum atomic E-state index is 0.0862. The van der Waals surface area contributed by atoms with E-state index in [2.05, 4.69) is 11.2 Å². The third-order valence-corrected chi connectivity index (χ3v) is 3.37. The molecule has 19 heavy (non-hydrogen) atoms. The molecule has 1 atom stereocenters. The highest BCUT2D eigenvalue weighted by Crippen LogP contribution is 2.28. The molecule has 1 aliphatic rings. The Bertz CT molecular complexity index is 556. The number of hydrogen-bond acceptors (Lipinski definition) is 3. The summed E-state index contributed by atoms with van der Waals surface area (Å²) in [7, 11) is 0. The Kier molecular flexibility index (Phi) is 3.42. The number of fused-ring (bicyclic) bond motifs is 1. The third kappa shape index (κ3) is 2.59. The fourth-order valence-electron chi connectivity index (χ4n) is 2.52. The van der Waals surface area contributed by atoms with Crippen LogP contribution in [0.1, 0.15) is 39.3 Å². The van der Waals surface area contributed by atoms with E-state index in [4.69, 9.17) is 9.47 Å². The van der Waals surface area contributed by atoms with Crippen LogP contribution in [0.5, 0.6) is 5.75 Å². The minimum Gasteiger partial charge on any atom is -0.491 e. The predicted octanol–water partition coefficient (Wildman–Crippen LogP) is 3.52. The molecule has 0 saturated carbocycles. The lowest BCUT2D eigenvalue weighted by atomic mass is 10.2. The van der Waals surface area contributed by atoms with Crippen LogP contribution in [0.15, 0.2) is 24.4 Å². The van der Waals surface area contributed by atoms with Crippen molar-refractivity contribution in [3.05, 3.63) is 24.4 Å². The van der Waals surface area contributed by atoms with E-state index in [1.54, 1.807) is 0 Å². The average Bonchev–Trinajstić information content (AvgIpc) is 2.82. The second-order valence-electron chi connectivity index (χ2n) is 5.30. The molecule has 3 rings (SSSR count). The van der Waals surface area contributed by atoms with Gasteiger partial charge in [0.2, 0.25) is 0 Å². The molecule has 0 aliphatic carbocycles. The molecule has 0 bridgehead atoms. The van der Waals surface area contributed by atoms with Crippen molar-refractivity contribution in [1.29, 1.82) is 0 Å². The van der Waals surface area contributed by atoms with E-state index in [9.17, 15) is 0 Å². The van der Waals surface area contributed by atoms with Crippen LogP contribution in [-0.2, 0) is 4.74 Å². The summed E-state index contributed by atoms with van der Waals surface area (Å²) in [5.74, 6) is 0.895. The quantitative estimate of drug-likeness (QED) is 0.847. The van der Waals surface area contributed by atoms with Gasteiger partial charge in [0.1, 0.15) is 5.75 Å². The van der Waals surface area contributed by atoms with Crippen molar-refractivity contribution < 1.29 is 9.47 Å². The largest absolute Gasteiger partial charge is 0.491 e. The van der Waals surface area contributed by atoms with E-state index < -0.39 is 0 Å². The normalized spacial score (nSPS) is 20.1. The average molecular weight is 260 g/mol. The molecule has 0 radical (unpaired) electrons. The Labute approximate surface area is 113 Å². The monoisotopic (exact) mass is 260 g/mol. The number of hydrogen-bond donors (Lipinski definition) is 0. The van der Waals surface area contributed by atoms with Crippen LogP contribution in [0.3, 0.4) is 0 Å². The first-order valence-corrected chi connectivity index (χ1v) is 6.99. The Morgan fingerprint density at radius 1 is 1.37 bits per heavy atom. The van der Waals surface area contributed by atoms with Gasteiger partial charge in [0.05, 0.1) is 17.8 Å². The highest BCUT2D eigenvalue weighted by Gasteiger charge is 2.18. The summed E-state index contributed by atoms with van der Waals surface area (Å²) in [6.45, 7) is 4.90. The minimum absolute atomic E-state index is 0.0862. The van der Waals surface area contributed by atoms with E-state index in [-0.39, 0.29) is 12.3 Å². The third-order valence-electron chi connectivity index (χ3n) is 3.37. The molecule has 1 unspecified atom stereocenters. The van der Waals surface area contributed by atoms with E-state index in [0.717, 1.165) is 36.1 Å². The SMILES string of the molecule is CC(C)Oc1ccc2c(cnn2C2CCCCO2)c1. The van der Waals surface area contributed by atoms with Gasteiger partial charge in [-0.05, 0) is 51.3 Å². The maximum absolute atomic E-state index is 5.79. The van der Waals surface area contributed by atoms with Crippen LogP contribution < -0.4 is 4.74 Å². The Hall–Kier alpha value is -1.55. The lowest BCUT2D eigenvalue weighted by Gasteiger charge is -2.23. The fraction of sp³-hybridized carbons (Fsp3) is 0.533.